The van der Waals surface area contributed by atoms with Gasteiger partial charge in [0.2, 0.25) is 5.91 Å². The van der Waals surface area contributed by atoms with Crippen molar-refractivity contribution in [1.82, 2.24) is 10.6 Å². The van der Waals surface area contributed by atoms with Crippen LogP contribution in [0.25, 0.3) is 0 Å². The van der Waals surface area contributed by atoms with Crippen molar-refractivity contribution in [2.75, 3.05) is 7.05 Å². The summed E-state index contributed by atoms with van der Waals surface area (Å²) in [6.45, 7) is 2.19. The van der Waals surface area contributed by atoms with E-state index in [0.29, 0.717) is 17.8 Å². The highest BCUT2D eigenvalue weighted by Gasteiger charge is 2.30. The molecule has 0 aromatic heterocycles. The molecule has 0 heterocycles. The van der Waals surface area contributed by atoms with Crippen molar-refractivity contribution >= 4 is 5.91 Å². The smallest absolute Gasteiger partial charge is 0.224 e. The zero-order valence-electron chi connectivity index (χ0n) is 13.6. The SMILES string of the molecule is CNC(=O)[C@@H]1CCCC[C@@H]1N[C@H](C)CCc1ccc(O)cc1. The molecular formula is C18H28N2O2. The Kier molecular flexibility index (Phi) is 6.25. The first-order chi connectivity index (χ1) is 10.6. The summed E-state index contributed by atoms with van der Waals surface area (Å²) in [7, 11) is 1.72. The van der Waals surface area contributed by atoms with Gasteiger partial charge in [-0.15, -0.1) is 0 Å². The Balaban J connectivity index is 1.83. The number of hydrogen-bond acceptors (Lipinski definition) is 3. The number of phenolic OH excluding ortho intramolecular Hbond substituents is 1. The standard InChI is InChI=1S/C18H28N2O2/c1-13(7-8-14-9-11-15(21)12-10-14)20-17-6-4-3-5-16(17)18(22)19-2/h9-13,16-17,20-21H,3-8H2,1-2H3,(H,19,22)/t13-,16-,17+/m1/s1. The molecule has 1 aromatic carbocycles. The van der Waals surface area contributed by atoms with E-state index in [-0.39, 0.29) is 11.8 Å². The van der Waals surface area contributed by atoms with Crippen LogP contribution in [0.5, 0.6) is 5.75 Å². The van der Waals surface area contributed by atoms with Crippen molar-refractivity contribution in [2.45, 2.75) is 57.5 Å². The van der Waals surface area contributed by atoms with Crippen LogP contribution in [-0.2, 0) is 11.2 Å². The number of aryl methyl sites for hydroxylation is 1. The second-order valence-electron chi connectivity index (χ2n) is 6.38. The van der Waals surface area contributed by atoms with Gasteiger partial charge in [-0.25, -0.2) is 0 Å². The van der Waals surface area contributed by atoms with Crippen molar-refractivity contribution in [1.29, 1.82) is 0 Å². The first-order valence-corrected chi connectivity index (χ1v) is 8.35. The van der Waals surface area contributed by atoms with Gasteiger partial charge in [0.1, 0.15) is 5.75 Å². The predicted molar refractivity (Wildman–Crippen MR) is 88.8 cm³/mol. The van der Waals surface area contributed by atoms with E-state index in [0.717, 1.165) is 32.1 Å². The Morgan fingerprint density at radius 3 is 2.64 bits per heavy atom. The lowest BCUT2D eigenvalue weighted by Crippen LogP contribution is -2.48. The lowest BCUT2D eigenvalue weighted by Gasteiger charge is -2.33. The van der Waals surface area contributed by atoms with Gasteiger partial charge in [0.05, 0.1) is 5.92 Å². The quantitative estimate of drug-likeness (QED) is 0.757. The molecule has 0 spiro atoms. The second-order valence-corrected chi connectivity index (χ2v) is 6.38. The molecule has 2 rings (SSSR count). The molecule has 0 radical (unpaired) electrons. The fraction of sp³-hybridized carbons (Fsp3) is 0.611. The average Bonchev–Trinajstić information content (AvgIpc) is 2.54. The summed E-state index contributed by atoms with van der Waals surface area (Å²) in [5.41, 5.74) is 1.23. The van der Waals surface area contributed by atoms with Crippen LogP contribution in [0.2, 0.25) is 0 Å². The van der Waals surface area contributed by atoms with Gasteiger partial charge in [-0.1, -0.05) is 25.0 Å². The molecule has 1 amide bonds. The molecule has 0 bridgehead atoms. The molecule has 1 aromatic rings. The molecule has 0 aliphatic heterocycles. The van der Waals surface area contributed by atoms with Crippen molar-refractivity contribution in [3.63, 3.8) is 0 Å². The highest BCUT2D eigenvalue weighted by atomic mass is 16.3. The molecule has 1 aliphatic carbocycles. The molecule has 4 nitrogen and oxygen atoms in total. The average molecular weight is 304 g/mol. The van der Waals surface area contributed by atoms with E-state index in [2.05, 4.69) is 17.6 Å². The molecule has 1 fully saturated rings. The Morgan fingerprint density at radius 2 is 1.95 bits per heavy atom. The maximum atomic E-state index is 12.0. The zero-order valence-corrected chi connectivity index (χ0v) is 13.6. The van der Waals surface area contributed by atoms with Gasteiger partial charge in [0, 0.05) is 19.1 Å². The van der Waals surface area contributed by atoms with Crippen LogP contribution in [0.1, 0.15) is 44.6 Å². The molecule has 1 saturated carbocycles. The molecule has 0 saturated heterocycles. The zero-order chi connectivity index (χ0) is 15.9. The largest absolute Gasteiger partial charge is 0.508 e. The second kappa shape index (κ2) is 8.18. The molecule has 0 unspecified atom stereocenters. The normalized spacial score (nSPS) is 23.0. The summed E-state index contributed by atoms with van der Waals surface area (Å²) in [5.74, 6) is 0.586. The number of carbonyl (C=O) groups is 1. The van der Waals surface area contributed by atoms with Crippen LogP contribution in [-0.4, -0.2) is 30.1 Å². The molecule has 3 atom stereocenters. The Hall–Kier alpha value is -1.55. The van der Waals surface area contributed by atoms with Crippen molar-refractivity contribution in [3.8, 4) is 5.75 Å². The number of carbonyl (C=O) groups excluding carboxylic acids is 1. The molecule has 122 valence electrons. The maximum Gasteiger partial charge on any atom is 0.224 e. The van der Waals surface area contributed by atoms with Crippen LogP contribution in [0, 0.1) is 5.92 Å². The summed E-state index contributed by atoms with van der Waals surface area (Å²) in [5, 5.41) is 15.8. The molecule has 22 heavy (non-hydrogen) atoms. The number of amides is 1. The van der Waals surface area contributed by atoms with E-state index < -0.39 is 0 Å². The van der Waals surface area contributed by atoms with Crippen molar-refractivity contribution in [2.24, 2.45) is 5.92 Å². The van der Waals surface area contributed by atoms with Crippen LogP contribution in [0.4, 0.5) is 0 Å². The third-order valence-corrected chi connectivity index (χ3v) is 4.65. The van der Waals surface area contributed by atoms with Crippen molar-refractivity contribution < 1.29 is 9.90 Å². The third kappa shape index (κ3) is 4.73. The number of hydrogen-bond donors (Lipinski definition) is 3. The van der Waals surface area contributed by atoms with Crippen molar-refractivity contribution in [3.05, 3.63) is 29.8 Å². The van der Waals surface area contributed by atoms with Crippen LogP contribution in [0.15, 0.2) is 24.3 Å². The number of phenols is 1. The maximum absolute atomic E-state index is 12.0. The molecule has 1 aliphatic rings. The van der Waals surface area contributed by atoms with E-state index in [4.69, 9.17) is 0 Å². The summed E-state index contributed by atoms with van der Waals surface area (Å²) >= 11 is 0. The Morgan fingerprint density at radius 1 is 1.27 bits per heavy atom. The lowest BCUT2D eigenvalue weighted by molar-refractivity contribution is -0.126. The minimum Gasteiger partial charge on any atom is -0.508 e. The van der Waals surface area contributed by atoms with E-state index in [1.165, 1.54) is 12.0 Å². The summed E-state index contributed by atoms with van der Waals surface area (Å²) in [6.07, 6.45) is 6.44. The fourth-order valence-electron chi connectivity index (χ4n) is 3.32. The third-order valence-electron chi connectivity index (χ3n) is 4.65. The first kappa shape index (κ1) is 16.8. The van der Waals surface area contributed by atoms with Gasteiger partial charge in [-0.05, 0) is 50.3 Å². The van der Waals surface area contributed by atoms with E-state index in [9.17, 15) is 9.90 Å². The minimum absolute atomic E-state index is 0.106. The monoisotopic (exact) mass is 304 g/mol. The van der Waals surface area contributed by atoms with Gasteiger partial charge in [0.15, 0.2) is 0 Å². The molecule has 4 heteroatoms. The fourth-order valence-corrected chi connectivity index (χ4v) is 3.32. The van der Waals surface area contributed by atoms with Crippen LogP contribution < -0.4 is 10.6 Å². The highest BCUT2D eigenvalue weighted by molar-refractivity contribution is 5.79. The van der Waals surface area contributed by atoms with Gasteiger partial charge in [-0.3, -0.25) is 4.79 Å². The van der Waals surface area contributed by atoms with E-state index >= 15 is 0 Å². The highest BCUT2D eigenvalue weighted by Crippen LogP contribution is 2.25. The number of rotatable bonds is 6. The van der Waals surface area contributed by atoms with E-state index in [1.54, 1.807) is 19.2 Å². The Bertz CT molecular complexity index is 472. The number of nitrogens with one attached hydrogen (secondary N) is 2. The van der Waals surface area contributed by atoms with Crippen LogP contribution in [0.3, 0.4) is 0 Å². The first-order valence-electron chi connectivity index (χ1n) is 8.35. The lowest BCUT2D eigenvalue weighted by atomic mass is 9.83. The van der Waals surface area contributed by atoms with Gasteiger partial charge in [-0.2, -0.15) is 0 Å². The molecule has 3 N–H and O–H groups in total. The number of aromatic hydroxyl groups is 1. The summed E-state index contributed by atoms with van der Waals surface area (Å²) < 4.78 is 0. The van der Waals surface area contributed by atoms with E-state index in [1.807, 2.05) is 12.1 Å². The van der Waals surface area contributed by atoms with Gasteiger partial charge < -0.3 is 15.7 Å². The molecular weight excluding hydrogens is 276 g/mol. The minimum atomic E-state index is 0.106. The topological polar surface area (TPSA) is 61.4 Å². The van der Waals surface area contributed by atoms with Gasteiger partial charge >= 0.3 is 0 Å². The van der Waals surface area contributed by atoms with Crippen LogP contribution >= 0.6 is 0 Å². The number of benzene rings is 1. The predicted octanol–water partition coefficient (Wildman–Crippen LogP) is 2.61. The Labute approximate surface area is 133 Å². The summed E-state index contributed by atoms with van der Waals surface area (Å²) in [4.78, 5) is 12.0. The van der Waals surface area contributed by atoms with Gasteiger partial charge in [0.25, 0.3) is 0 Å². The summed E-state index contributed by atoms with van der Waals surface area (Å²) in [6, 6.07) is 8.07.